The van der Waals surface area contributed by atoms with Crippen LogP contribution in [0, 0.1) is 5.21 Å². The third-order valence-electron chi connectivity index (χ3n) is 3.99. The fourth-order valence-corrected chi connectivity index (χ4v) is 3.56. The molecule has 0 spiro atoms. The molecular formula is C19H22N2O4S. The van der Waals surface area contributed by atoms with Crippen molar-refractivity contribution < 1.29 is 19.0 Å². The second kappa shape index (κ2) is 8.31. The van der Waals surface area contributed by atoms with Crippen molar-refractivity contribution in [3.8, 4) is 11.5 Å². The third-order valence-corrected chi connectivity index (χ3v) is 5.01. The van der Waals surface area contributed by atoms with E-state index in [2.05, 4.69) is 5.32 Å². The quantitative estimate of drug-likeness (QED) is 0.458. The van der Waals surface area contributed by atoms with Crippen LogP contribution in [0.15, 0.2) is 41.6 Å². The predicted molar refractivity (Wildman–Crippen MR) is 99.4 cm³/mol. The molecule has 1 aromatic heterocycles. The average Bonchev–Trinajstić information content (AvgIpc) is 2.98. The standard InChI is InChI=1S/C19H22N2O4S/c1-3-24-16-9-14-8-13(2)25-17(14)10-15(16)11-20-18(22)12-26-19-6-4-5-7-21(19)23/h4-7,9-10,13H,3,8,11-12H2,1-2H3,(H,20,22)/t13-/m1/s1. The molecule has 6 nitrogen and oxygen atoms in total. The number of nitrogens with zero attached hydrogens (tertiary/aromatic N) is 1. The minimum Gasteiger partial charge on any atom is -0.618 e. The van der Waals surface area contributed by atoms with Gasteiger partial charge in [-0.2, -0.15) is 4.73 Å². The largest absolute Gasteiger partial charge is 0.618 e. The second-order valence-corrected chi connectivity index (χ2v) is 7.06. The van der Waals surface area contributed by atoms with E-state index in [4.69, 9.17) is 9.47 Å². The molecule has 2 aromatic rings. The van der Waals surface area contributed by atoms with Gasteiger partial charge in [-0.1, -0.05) is 0 Å². The van der Waals surface area contributed by atoms with E-state index in [1.165, 1.54) is 18.0 Å². The molecule has 0 saturated heterocycles. The maximum absolute atomic E-state index is 12.1. The molecule has 1 amide bonds. The molecular weight excluding hydrogens is 352 g/mol. The molecule has 0 unspecified atom stereocenters. The van der Waals surface area contributed by atoms with Crippen LogP contribution in [-0.4, -0.2) is 24.4 Å². The summed E-state index contributed by atoms with van der Waals surface area (Å²) < 4.78 is 12.3. The fraction of sp³-hybridized carbons (Fsp3) is 0.368. The Labute approximate surface area is 157 Å². The van der Waals surface area contributed by atoms with Crippen molar-refractivity contribution in [2.45, 2.75) is 37.9 Å². The molecule has 1 N–H and O–H groups in total. The first kappa shape index (κ1) is 18.4. The van der Waals surface area contributed by atoms with Crippen molar-refractivity contribution in [2.24, 2.45) is 0 Å². The van der Waals surface area contributed by atoms with Crippen molar-refractivity contribution in [3.05, 3.63) is 52.9 Å². The molecule has 1 aliphatic rings. The molecule has 0 saturated carbocycles. The van der Waals surface area contributed by atoms with E-state index >= 15 is 0 Å². The maximum atomic E-state index is 12.1. The first-order valence-electron chi connectivity index (χ1n) is 8.59. The van der Waals surface area contributed by atoms with Gasteiger partial charge in [0.25, 0.3) is 5.03 Å². The summed E-state index contributed by atoms with van der Waals surface area (Å²) in [5.74, 6) is 1.67. The zero-order valence-corrected chi connectivity index (χ0v) is 15.7. The molecule has 1 aliphatic heterocycles. The Bertz CT molecular complexity index is 797. The Balaban J connectivity index is 1.61. The van der Waals surface area contributed by atoms with Crippen LogP contribution in [0.2, 0.25) is 0 Å². The molecule has 26 heavy (non-hydrogen) atoms. The van der Waals surface area contributed by atoms with E-state index in [-0.39, 0.29) is 17.8 Å². The zero-order chi connectivity index (χ0) is 18.5. The number of pyridine rings is 1. The van der Waals surface area contributed by atoms with Crippen LogP contribution in [0.1, 0.15) is 25.0 Å². The number of benzene rings is 1. The lowest BCUT2D eigenvalue weighted by Crippen LogP contribution is -2.30. The van der Waals surface area contributed by atoms with Gasteiger partial charge in [0.1, 0.15) is 17.6 Å². The van der Waals surface area contributed by atoms with Gasteiger partial charge < -0.3 is 20.0 Å². The van der Waals surface area contributed by atoms with Crippen LogP contribution in [0.5, 0.6) is 11.5 Å². The number of nitrogens with one attached hydrogen (secondary N) is 1. The van der Waals surface area contributed by atoms with E-state index in [1.807, 2.05) is 26.0 Å². The first-order valence-corrected chi connectivity index (χ1v) is 9.58. The number of aromatic nitrogens is 1. The summed E-state index contributed by atoms with van der Waals surface area (Å²) >= 11 is 1.21. The van der Waals surface area contributed by atoms with Crippen LogP contribution in [0.4, 0.5) is 0 Å². The van der Waals surface area contributed by atoms with Gasteiger partial charge in [-0.05, 0) is 43.8 Å². The van der Waals surface area contributed by atoms with E-state index in [1.54, 1.807) is 18.2 Å². The summed E-state index contributed by atoms with van der Waals surface area (Å²) in [6.45, 7) is 4.88. The highest BCUT2D eigenvalue weighted by Gasteiger charge is 2.22. The van der Waals surface area contributed by atoms with E-state index in [9.17, 15) is 10.0 Å². The second-order valence-electron chi connectivity index (χ2n) is 6.06. The Kier molecular flexibility index (Phi) is 5.88. The summed E-state index contributed by atoms with van der Waals surface area (Å²) in [7, 11) is 0. The molecule has 7 heteroatoms. The smallest absolute Gasteiger partial charge is 0.251 e. The molecule has 0 radical (unpaired) electrons. The average molecular weight is 374 g/mol. The van der Waals surface area contributed by atoms with Gasteiger partial charge in [-0.25, -0.2) is 0 Å². The SMILES string of the molecule is CCOc1cc2c(cc1CNC(=O)CSc1cccc[n+]1[O-])O[C@H](C)C2. The summed E-state index contributed by atoms with van der Waals surface area (Å²) in [5, 5.41) is 15.0. The van der Waals surface area contributed by atoms with Crippen molar-refractivity contribution >= 4 is 17.7 Å². The number of amides is 1. The molecule has 0 aliphatic carbocycles. The van der Waals surface area contributed by atoms with Gasteiger partial charge in [-0.3, -0.25) is 4.79 Å². The summed E-state index contributed by atoms with van der Waals surface area (Å²) in [5.41, 5.74) is 2.02. The van der Waals surface area contributed by atoms with Crippen LogP contribution < -0.4 is 19.5 Å². The van der Waals surface area contributed by atoms with Gasteiger partial charge in [0.05, 0.1) is 12.4 Å². The number of hydrogen-bond donors (Lipinski definition) is 1. The van der Waals surface area contributed by atoms with Crippen LogP contribution in [0.3, 0.4) is 0 Å². The van der Waals surface area contributed by atoms with E-state index in [0.29, 0.717) is 18.2 Å². The van der Waals surface area contributed by atoms with Crippen molar-refractivity contribution in [3.63, 3.8) is 0 Å². The molecule has 3 rings (SSSR count). The number of thioether (sulfide) groups is 1. The number of hydrogen-bond acceptors (Lipinski definition) is 5. The van der Waals surface area contributed by atoms with Crippen molar-refractivity contribution in [1.82, 2.24) is 5.32 Å². The lowest BCUT2D eigenvalue weighted by Gasteiger charge is -2.13. The number of ether oxygens (including phenoxy) is 2. The third kappa shape index (κ3) is 4.40. The first-order chi connectivity index (χ1) is 12.6. The van der Waals surface area contributed by atoms with E-state index in [0.717, 1.165) is 33.8 Å². The molecule has 0 bridgehead atoms. The monoisotopic (exact) mass is 374 g/mol. The molecule has 2 heterocycles. The molecule has 0 fully saturated rings. The minimum absolute atomic E-state index is 0.143. The molecule has 1 atom stereocenters. The molecule has 1 aromatic carbocycles. The number of rotatable bonds is 7. The topological polar surface area (TPSA) is 74.5 Å². The summed E-state index contributed by atoms with van der Waals surface area (Å²) in [6.07, 6.45) is 2.44. The van der Waals surface area contributed by atoms with Gasteiger partial charge in [-0.15, -0.1) is 0 Å². The minimum atomic E-state index is -0.143. The van der Waals surface area contributed by atoms with Crippen molar-refractivity contribution in [1.29, 1.82) is 0 Å². The highest BCUT2D eigenvalue weighted by Crippen LogP contribution is 2.35. The Morgan fingerprint density at radius 1 is 1.46 bits per heavy atom. The van der Waals surface area contributed by atoms with Crippen LogP contribution in [-0.2, 0) is 17.8 Å². The lowest BCUT2D eigenvalue weighted by atomic mass is 10.1. The van der Waals surface area contributed by atoms with Crippen LogP contribution in [0.25, 0.3) is 0 Å². The number of carbonyl (C=O) groups excluding carboxylic acids is 1. The number of carbonyl (C=O) groups is 1. The zero-order valence-electron chi connectivity index (χ0n) is 14.9. The van der Waals surface area contributed by atoms with Gasteiger partial charge in [0.15, 0.2) is 6.20 Å². The Morgan fingerprint density at radius 2 is 2.31 bits per heavy atom. The van der Waals surface area contributed by atoms with E-state index < -0.39 is 0 Å². The summed E-state index contributed by atoms with van der Waals surface area (Å²) in [4.78, 5) is 12.1. The van der Waals surface area contributed by atoms with Crippen molar-refractivity contribution in [2.75, 3.05) is 12.4 Å². The van der Waals surface area contributed by atoms with Gasteiger partial charge in [0, 0.05) is 36.2 Å². The lowest BCUT2D eigenvalue weighted by molar-refractivity contribution is -0.645. The van der Waals surface area contributed by atoms with Gasteiger partial charge >= 0.3 is 0 Å². The normalized spacial score (nSPS) is 15.2. The summed E-state index contributed by atoms with van der Waals surface area (Å²) in [6, 6.07) is 9.07. The van der Waals surface area contributed by atoms with Gasteiger partial charge in [0.2, 0.25) is 5.91 Å². The molecule has 138 valence electrons. The highest BCUT2D eigenvalue weighted by molar-refractivity contribution is 7.99. The number of fused-ring (bicyclic) bond motifs is 1. The maximum Gasteiger partial charge on any atom is 0.251 e. The van der Waals surface area contributed by atoms with Crippen LogP contribution >= 0.6 is 11.8 Å². The fourth-order valence-electron chi connectivity index (χ4n) is 2.82. The predicted octanol–water partition coefficient (Wildman–Crippen LogP) is 2.45. The Hall–Kier alpha value is -2.41. The highest BCUT2D eigenvalue weighted by atomic mass is 32.2. The Morgan fingerprint density at radius 3 is 3.08 bits per heavy atom.